The molecule has 0 saturated carbocycles. The number of unbranched alkanes of at least 4 members (excludes halogenated alkanes) is 23. The number of hydrogen-bond donors (Lipinski definition) is 18. The Bertz CT molecular complexity index is 2110. The first-order valence-electron chi connectivity index (χ1n) is 35.5. The maximum absolute atomic E-state index is 13.4. The van der Waals surface area contributed by atoms with Crippen molar-refractivity contribution in [1.82, 2.24) is 10.6 Å². The lowest BCUT2D eigenvalue weighted by atomic mass is 9.94. The van der Waals surface area contributed by atoms with E-state index in [4.69, 9.17) is 47.4 Å². The highest BCUT2D eigenvalue weighted by atomic mass is 16.8. The SMILES string of the molecule is CCCCCCCCCCCCC/C=C/[C@@H](O)[C@H](CO[C@@H]1OC(CO)[C@H](O[C@@H]2OC(CO)[C@H](O)C(O[C@@H]3OC(CO)[C@H](O[C@@H]4OC(CO)[C@H](O)C(O[C@H]5OC(CO)[C@H](O)C(O)C5O)C4O)C(O)C3NC(C)=O)C2O)C(O)C1O)NC(=O)CCCCCCCCCCCCCCC. The molecule has 0 bridgehead atoms. The van der Waals surface area contributed by atoms with Gasteiger partial charge in [0, 0.05) is 13.3 Å². The summed E-state index contributed by atoms with van der Waals surface area (Å²) < 4.78 is 58.2. The van der Waals surface area contributed by atoms with Crippen molar-refractivity contribution in [2.24, 2.45) is 0 Å². The molecule has 0 spiro atoms. The summed E-state index contributed by atoms with van der Waals surface area (Å²) in [6.45, 7) is 0.316. The summed E-state index contributed by atoms with van der Waals surface area (Å²) in [6.07, 6.45) is -14.1. The Morgan fingerprint density at radius 2 is 0.771 bits per heavy atom. The first-order valence-corrected chi connectivity index (χ1v) is 35.5. The number of carbonyl (C=O) groups is 2. The van der Waals surface area contributed by atoms with Gasteiger partial charge in [0.05, 0.1) is 51.8 Å². The van der Waals surface area contributed by atoms with Crippen LogP contribution in [0.15, 0.2) is 12.2 Å². The Labute approximate surface area is 564 Å². The molecule has 5 rings (SSSR count). The van der Waals surface area contributed by atoms with Crippen LogP contribution in [0.5, 0.6) is 0 Å². The molecule has 2 amide bonds. The Morgan fingerprint density at radius 1 is 0.406 bits per heavy atom. The molecule has 5 aliphatic rings. The van der Waals surface area contributed by atoms with Crippen molar-refractivity contribution in [3.8, 4) is 0 Å². The third-order valence-electron chi connectivity index (χ3n) is 18.7. The Balaban J connectivity index is 1.22. The molecular weight excluding hydrogens is 1270 g/mol. The molecule has 0 aromatic rings. The van der Waals surface area contributed by atoms with Crippen molar-refractivity contribution in [1.29, 1.82) is 0 Å². The van der Waals surface area contributed by atoms with E-state index in [0.717, 1.165) is 58.3 Å². The van der Waals surface area contributed by atoms with Gasteiger partial charge in [0.25, 0.3) is 0 Å². The van der Waals surface area contributed by atoms with Crippen LogP contribution >= 0.6 is 0 Å². The van der Waals surface area contributed by atoms with Gasteiger partial charge in [-0.1, -0.05) is 167 Å². The third-order valence-corrected chi connectivity index (χ3v) is 18.7. The van der Waals surface area contributed by atoms with E-state index in [1.165, 1.54) is 96.3 Å². The van der Waals surface area contributed by atoms with Gasteiger partial charge in [0.2, 0.25) is 11.8 Å². The van der Waals surface area contributed by atoms with Gasteiger partial charge in [-0.15, -0.1) is 0 Å². The fourth-order valence-corrected chi connectivity index (χ4v) is 12.9. The van der Waals surface area contributed by atoms with Gasteiger partial charge in [-0.05, 0) is 19.3 Å². The fourth-order valence-electron chi connectivity index (χ4n) is 12.9. The quantitative estimate of drug-likeness (QED) is 0.0252. The van der Waals surface area contributed by atoms with E-state index in [9.17, 15) is 91.3 Å². The smallest absolute Gasteiger partial charge is 0.220 e. The Morgan fingerprint density at radius 3 is 1.22 bits per heavy atom. The lowest BCUT2D eigenvalue weighted by molar-refractivity contribution is -0.387. The van der Waals surface area contributed by atoms with Crippen molar-refractivity contribution in [3.63, 3.8) is 0 Å². The zero-order chi connectivity index (χ0) is 70.3. The first kappa shape index (κ1) is 84.3. The predicted molar refractivity (Wildman–Crippen MR) is 340 cm³/mol. The molecule has 562 valence electrons. The van der Waals surface area contributed by atoms with Crippen LogP contribution in [0.1, 0.15) is 188 Å². The van der Waals surface area contributed by atoms with Gasteiger partial charge in [-0.25, -0.2) is 0 Å². The topological polar surface area (TPSA) is 474 Å². The predicted octanol–water partition coefficient (Wildman–Crippen LogP) is -1.17. The number of amides is 2. The second-order valence-electron chi connectivity index (χ2n) is 26.4. The number of nitrogens with one attached hydrogen (secondary N) is 2. The zero-order valence-electron chi connectivity index (χ0n) is 56.4. The summed E-state index contributed by atoms with van der Waals surface area (Å²) in [4.78, 5) is 26.2. The third kappa shape index (κ3) is 25.9. The van der Waals surface area contributed by atoms with Crippen LogP contribution in [0.2, 0.25) is 0 Å². The van der Waals surface area contributed by atoms with Crippen LogP contribution < -0.4 is 10.6 Å². The number of ether oxygens (including phenoxy) is 10. The summed E-state index contributed by atoms with van der Waals surface area (Å²) >= 11 is 0. The van der Waals surface area contributed by atoms with Crippen LogP contribution in [0.3, 0.4) is 0 Å². The minimum Gasteiger partial charge on any atom is -0.394 e. The summed E-state index contributed by atoms with van der Waals surface area (Å²) in [6, 6.07) is -2.81. The molecule has 0 radical (unpaired) electrons. The molecular formula is C66H120N2O28. The van der Waals surface area contributed by atoms with E-state index in [2.05, 4.69) is 24.5 Å². The van der Waals surface area contributed by atoms with Crippen LogP contribution in [0.25, 0.3) is 0 Å². The molecule has 0 aromatic carbocycles. The minimum atomic E-state index is -2.15. The van der Waals surface area contributed by atoms with Crippen molar-refractivity contribution in [2.45, 2.75) is 353 Å². The van der Waals surface area contributed by atoms with Gasteiger partial charge in [-0.2, -0.15) is 0 Å². The van der Waals surface area contributed by atoms with E-state index < -0.39 is 211 Å². The van der Waals surface area contributed by atoms with E-state index >= 15 is 0 Å². The summed E-state index contributed by atoms with van der Waals surface area (Å²) in [5, 5.41) is 181. The molecule has 0 aromatic heterocycles. The van der Waals surface area contributed by atoms with Gasteiger partial charge >= 0.3 is 0 Å². The number of aliphatic hydroxyl groups is 16. The molecule has 18 N–H and O–H groups in total. The van der Waals surface area contributed by atoms with Crippen LogP contribution in [-0.4, -0.2) is 299 Å². The van der Waals surface area contributed by atoms with Gasteiger partial charge in [0.15, 0.2) is 31.5 Å². The summed E-state index contributed by atoms with van der Waals surface area (Å²) in [5.74, 6) is -1.16. The monoisotopic (exact) mass is 1390 g/mol. The summed E-state index contributed by atoms with van der Waals surface area (Å²) in [5.41, 5.74) is 0. The number of allylic oxidation sites excluding steroid dienone is 1. The molecule has 5 heterocycles. The Kier molecular flexibility index (Phi) is 40.0. The molecule has 5 fully saturated rings. The fraction of sp³-hybridized carbons (Fsp3) is 0.939. The number of rotatable bonds is 46. The van der Waals surface area contributed by atoms with Crippen LogP contribution in [-0.2, 0) is 57.0 Å². The molecule has 5 saturated heterocycles. The molecule has 15 unspecified atom stereocenters. The van der Waals surface area contributed by atoms with Crippen LogP contribution in [0.4, 0.5) is 0 Å². The lowest BCUT2D eigenvalue weighted by Crippen LogP contribution is -2.70. The highest BCUT2D eigenvalue weighted by Crippen LogP contribution is 2.36. The van der Waals surface area contributed by atoms with Gasteiger partial charge in [-0.3, -0.25) is 9.59 Å². The highest BCUT2D eigenvalue weighted by molar-refractivity contribution is 5.76. The lowest BCUT2D eigenvalue weighted by Gasteiger charge is -2.50. The average molecular weight is 1390 g/mol. The second-order valence-corrected chi connectivity index (χ2v) is 26.4. The number of aliphatic hydroxyl groups excluding tert-OH is 16. The van der Waals surface area contributed by atoms with E-state index in [1.807, 2.05) is 6.08 Å². The molecule has 30 heteroatoms. The van der Waals surface area contributed by atoms with Crippen molar-refractivity contribution >= 4 is 11.8 Å². The molecule has 0 aliphatic carbocycles. The largest absolute Gasteiger partial charge is 0.394 e. The molecule has 27 atom stereocenters. The molecule has 96 heavy (non-hydrogen) atoms. The maximum Gasteiger partial charge on any atom is 0.220 e. The van der Waals surface area contributed by atoms with Crippen molar-refractivity contribution in [3.05, 3.63) is 12.2 Å². The van der Waals surface area contributed by atoms with Gasteiger partial charge in [0.1, 0.15) is 122 Å². The number of hydrogen-bond acceptors (Lipinski definition) is 28. The standard InChI is InChI=1S/C66H120N2O28/c1-4-6-8-10-12-14-16-18-20-22-24-26-28-30-40(75)39(68-46(76)31-29-27-25-23-21-19-17-15-13-11-9-7-5-2)37-87-63-55(84)53(82)59(45(36-73)92-63)94-66-56(85)60(49(78)42(33-70)90-66)95-62-47(67-38(3)74)51(80)58(44(35-72)91-62)93-65-57(86)61(50(79)43(34-71)89-65)96-64-54(83)52(81)48(77)41(32-69)88-64/h28,30,39-45,47-66,69-73,75,77-86H,4-27,29,31-37H2,1-3H3,(H,67,74)(H,68,76)/b30-28+/t39-,40+,41?,42?,43?,44?,45?,47?,48-,49-,50-,51?,52?,53?,54?,55?,56?,57?,58-,59-,60?,61?,62-,63+,64+,65-,66-/m0/s1. The maximum atomic E-state index is 13.4. The van der Waals surface area contributed by atoms with E-state index in [1.54, 1.807) is 6.08 Å². The first-order chi connectivity index (χ1) is 46.2. The average Bonchev–Trinajstić information content (AvgIpc) is 0.775. The van der Waals surface area contributed by atoms with Gasteiger partial charge < -0.3 is 140 Å². The Hall–Kier alpha value is -2.36. The second kappa shape index (κ2) is 45.6. The van der Waals surface area contributed by atoms with Crippen LogP contribution in [0, 0.1) is 0 Å². The molecule has 30 nitrogen and oxygen atoms in total. The minimum absolute atomic E-state index is 0.192. The van der Waals surface area contributed by atoms with E-state index in [0.29, 0.717) is 12.8 Å². The zero-order valence-corrected chi connectivity index (χ0v) is 56.4. The highest BCUT2D eigenvalue weighted by Gasteiger charge is 2.57. The normalized spacial score (nSPS) is 36.6. The van der Waals surface area contributed by atoms with E-state index in [-0.39, 0.29) is 12.3 Å². The summed E-state index contributed by atoms with van der Waals surface area (Å²) in [7, 11) is 0. The molecule has 5 aliphatic heterocycles. The van der Waals surface area contributed by atoms with Crippen molar-refractivity contribution in [2.75, 3.05) is 39.6 Å². The van der Waals surface area contributed by atoms with Crippen molar-refractivity contribution < 1.29 is 139 Å². The number of carbonyl (C=O) groups excluding carboxylic acids is 2.